The van der Waals surface area contributed by atoms with Gasteiger partial charge in [-0.25, -0.2) is 8.42 Å². The number of fused-ring (bicyclic) bond motifs is 1. The van der Waals surface area contributed by atoms with Crippen molar-refractivity contribution in [1.29, 1.82) is 0 Å². The van der Waals surface area contributed by atoms with Gasteiger partial charge in [-0.15, -0.1) is 0 Å². The van der Waals surface area contributed by atoms with Crippen LogP contribution in [0.2, 0.25) is 0 Å². The number of anilines is 1. The molecule has 9 heteroatoms. The highest BCUT2D eigenvalue weighted by Gasteiger charge is 2.30. The molecule has 1 amide bonds. The van der Waals surface area contributed by atoms with Gasteiger partial charge in [-0.2, -0.15) is 4.31 Å². The van der Waals surface area contributed by atoms with E-state index in [9.17, 15) is 18.0 Å². The minimum atomic E-state index is -3.73. The summed E-state index contributed by atoms with van der Waals surface area (Å²) in [5, 5.41) is 0.225. The van der Waals surface area contributed by atoms with Gasteiger partial charge in [-0.3, -0.25) is 9.59 Å². The average Bonchev–Trinajstić information content (AvgIpc) is 2.86. The summed E-state index contributed by atoms with van der Waals surface area (Å²) in [5.74, 6) is -0.329. The topological polar surface area (TPSA) is 82.9 Å². The van der Waals surface area contributed by atoms with Gasteiger partial charge in [-0.1, -0.05) is 31.5 Å². The van der Waals surface area contributed by atoms with Crippen LogP contribution in [0.1, 0.15) is 36.7 Å². The summed E-state index contributed by atoms with van der Waals surface area (Å²) < 4.78 is 29.1. The lowest BCUT2D eigenvalue weighted by Crippen LogP contribution is -2.54. The number of amides is 1. The van der Waals surface area contributed by atoms with E-state index in [2.05, 4.69) is 43.0 Å². The molecule has 36 heavy (non-hydrogen) atoms. The molecule has 0 aliphatic carbocycles. The third-order valence-electron chi connectivity index (χ3n) is 7.01. The summed E-state index contributed by atoms with van der Waals surface area (Å²) in [6, 6.07) is 13.0. The number of hydrogen-bond donors (Lipinski definition) is 0. The van der Waals surface area contributed by atoms with Gasteiger partial charge in [0.1, 0.15) is 5.56 Å². The number of nitrogens with zero attached hydrogens (tertiary/aromatic N) is 4. The maximum absolute atomic E-state index is 13.5. The van der Waals surface area contributed by atoms with Crippen LogP contribution in [0.25, 0.3) is 10.9 Å². The van der Waals surface area contributed by atoms with E-state index in [1.165, 1.54) is 22.0 Å². The summed E-state index contributed by atoms with van der Waals surface area (Å²) in [5.41, 5.74) is 2.49. The Labute approximate surface area is 212 Å². The van der Waals surface area contributed by atoms with Crippen LogP contribution in [0.3, 0.4) is 0 Å². The number of carbonyl (C=O) groups excluding carboxylic acids is 1. The van der Waals surface area contributed by atoms with Gasteiger partial charge in [-0.05, 0) is 44.2 Å². The molecule has 0 radical (unpaired) electrons. The van der Waals surface area contributed by atoms with Crippen LogP contribution in [-0.4, -0.2) is 66.9 Å². The molecule has 1 aliphatic heterocycles. The van der Waals surface area contributed by atoms with Crippen LogP contribution < -0.4 is 10.3 Å². The van der Waals surface area contributed by atoms with Crippen LogP contribution in [0.15, 0.2) is 58.4 Å². The monoisotopic (exact) mass is 510 g/mol. The van der Waals surface area contributed by atoms with Gasteiger partial charge >= 0.3 is 0 Å². The Kier molecular flexibility index (Phi) is 7.24. The van der Waals surface area contributed by atoms with Crippen LogP contribution in [0.4, 0.5) is 5.69 Å². The Bertz CT molecular complexity index is 1440. The predicted octanol–water partition coefficient (Wildman–Crippen LogP) is 3.23. The van der Waals surface area contributed by atoms with Crippen molar-refractivity contribution in [1.82, 2.24) is 13.8 Å². The predicted molar refractivity (Wildman–Crippen MR) is 143 cm³/mol. The van der Waals surface area contributed by atoms with E-state index in [0.29, 0.717) is 38.2 Å². The first-order chi connectivity index (χ1) is 17.1. The summed E-state index contributed by atoms with van der Waals surface area (Å²) >= 11 is 0. The standard InChI is InChI=1S/C27H34N4O4S/c1-6-30(7-2)36(34,35)22-12-13-25-23(16-22)26(32)24(18-28(25)5)27(33)29-14-15-31(20(4)17-29)21-10-8-19(3)9-11-21/h8-13,16,18,20H,6-7,14-15,17H2,1-5H3/t20-/m1/s1. The first kappa shape index (κ1) is 25.9. The fourth-order valence-electron chi connectivity index (χ4n) is 4.93. The molecule has 1 saturated heterocycles. The number of benzene rings is 2. The quantitative estimate of drug-likeness (QED) is 0.509. The molecule has 2 aromatic carbocycles. The second-order valence-corrected chi connectivity index (χ2v) is 11.3. The molecule has 192 valence electrons. The molecule has 4 rings (SSSR count). The zero-order valence-electron chi connectivity index (χ0n) is 21.6. The van der Waals surface area contributed by atoms with Crippen LogP contribution >= 0.6 is 0 Å². The Morgan fingerprint density at radius 2 is 1.72 bits per heavy atom. The Morgan fingerprint density at radius 1 is 1.06 bits per heavy atom. The van der Waals surface area contributed by atoms with Gasteiger partial charge < -0.3 is 14.4 Å². The lowest BCUT2D eigenvalue weighted by Gasteiger charge is -2.41. The zero-order valence-corrected chi connectivity index (χ0v) is 22.4. The van der Waals surface area contributed by atoms with Crippen molar-refractivity contribution in [2.45, 2.75) is 38.6 Å². The van der Waals surface area contributed by atoms with E-state index < -0.39 is 15.5 Å². The fourth-order valence-corrected chi connectivity index (χ4v) is 6.41. The van der Waals surface area contributed by atoms with Gasteiger partial charge in [0.05, 0.1) is 10.4 Å². The molecule has 1 aliphatic rings. The van der Waals surface area contributed by atoms with E-state index in [4.69, 9.17) is 0 Å². The number of hydrogen-bond acceptors (Lipinski definition) is 5. The van der Waals surface area contributed by atoms with E-state index in [-0.39, 0.29) is 27.8 Å². The zero-order chi connectivity index (χ0) is 26.2. The Morgan fingerprint density at radius 3 is 2.33 bits per heavy atom. The molecular weight excluding hydrogens is 476 g/mol. The second-order valence-electron chi connectivity index (χ2n) is 9.38. The Balaban J connectivity index is 1.66. The highest BCUT2D eigenvalue weighted by molar-refractivity contribution is 7.89. The lowest BCUT2D eigenvalue weighted by molar-refractivity contribution is 0.0724. The first-order valence-electron chi connectivity index (χ1n) is 12.3. The number of aryl methyl sites for hydroxylation is 2. The van der Waals surface area contributed by atoms with Crippen LogP contribution in [0.5, 0.6) is 0 Å². The van der Waals surface area contributed by atoms with E-state index in [1.807, 2.05) is 0 Å². The van der Waals surface area contributed by atoms with Crippen molar-refractivity contribution in [3.8, 4) is 0 Å². The lowest BCUT2D eigenvalue weighted by atomic mass is 10.1. The van der Waals surface area contributed by atoms with Crippen molar-refractivity contribution < 1.29 is 13.2 Å². The third kappa shape index (κ3) is 4.65. The summed E-state index contributed by atoms with van der Waals surface area (Å²) in [6.45, 7) is 9.99. The van der Waals surface area contributed by atoms with E-state index in [1.54, 1.807) is 42.6 Å². The van der Waals surface area contributed by atoms with Gasteiger partial charge in [0.15, 0.2) is 0 Å². The minimum absolute atomic E-state index is 0.0540. The van der Waals surface area contributed by atoms with Crippen LogP contribution in [-0.2, 0) is 17.1 Å². The fraction of sp³-hybridized carbons (Fsp3) is 0.407. The smallest absolute Gasteiger partial charge is 0.259 e. The molecule has 1 aromatic heterocycles. The number of pyridine rings is 1. The molecular formula is C27H34N4O4S. The first-order valence-corrected chi connectivity index (χ1v) is 13.8. The van der Waals surface area contributed by atoms with Gasteiger partial charge in [0, 0.05) is 63.1 Å². The molecule has 2 heterocycles. The highest BCUT2D eigenvalue weighted by Crippen LogP contribution is 2.23. The molecule has 0 spiro atoms. The summed E-state index contributed by atoms with van der Waals surface area (Å²) in [4.78, 5) is 31.0. The van der Waals surface area contributed by atoms with Crippen molar-refractivity contribution >= 4 is 32.5 Å². The molecule has 8 nitrogen and oxygen atoms in total. The molecule has 1 fully saturated rings. The maximum Gasteiger partial charge on any atom is 0.259 e. The molecule has 0 bridgehead atoms. The van der Waals surface area contributed by atoms with Crippen molar-refractivity contribution in [2.24, 2.45) is 7.05 Å². The average molecular weight is 511 g/mol. The summed E-state index contributed by atoms with van der Waals surface area (Å²) in [6.07, 6.45) is 1.56. The number of sulfonamides is 1. The molecule has 3 aromatic rings. The van der Waals surface area contributed by atoms with Gasteiger partial charge in [0.25, 0.3) is 5.91 Å². The van der Waals surface area contributed by atoms with Crippen LogP contribution in [0, 0.1) is 6.92 Å². The number of rotatable bonds is 6. The van der Waals surface area contributed by atoms with Crippen molar-refractivity contribution in [2.75, 3.05) is 37.6 Å². The minimum Gasteiger partial charge on any atom is -0.365 e. The maximum atomic E-state index is 13.5. The van der Waals surface area contributed by atoms with Gasteiger partial charge in [0.2, 0.25) is 15.5 Å². The molecule has 0 N–H and O–H groups in total. The third-order valence-corrected chi connectivity index (χ3v) is 9.06. The van der Waals surface area contributed by atoms with Crippen molar-refractivity contribution in [3.63, 3.8) is 0 Å². The summed E-state index contributed by atoms with van der Waals surface area (Å²) in [7, 11) is -1.98. The Hall–Kier alpha value is -3.17. The number of carbonyl (C=O) groups is 1. The largest absolute Gasteiger partial charge is 0.365 e. The van der Waals surface area contributed by atoms with Crippen molar-refractivity contribution in [3.05, 3.63) is 70.0 Å². The second kappa shape index (κ2) is 10.1. The highest BCUT2D eigenvalue weighted by atomic mass is 32.2. The molecule has 0 unspecified atom stereocenters. The molecule has 1 atom stereocenters. The normalized spacial score (nSPS) is 16.7. The SMILES string of the molecule is CCN(CC)S(=O)(=O)c1ccc2c(c1)c(=O)c(C(=O)N1CCN(c3ccc(C)cc3)[C@H](C)C1)cn2C. The molecule has 0 saturated carbocycles. The van der Waals surface area contributed by atoms with E-state index >= 15 is 0 Å². The van der Waals surface area contributed by atoms with E-state index in [0.717, 1.165) is 5.69 Å². The number of piperazine rings is 1. The number of aromatic nitrogens is 1.